The molecule has 132 valence electrons. The molecule has 0 radical (unpaired) electrons. The maximum absolute atomic E-state index is 12.3. The highest BCUT2D eigenvalue weighted by Crippen LogP contribution is 2.17. The first-order valence-corrected chi connectivity index (χ1v) is 9.38. The molecule has 25 heavy (non-hydrogen) atoms. The van der Waals surface area contributed by atoms with E-state index in [9.17, 15) is 18.0 Å². The molecular weight excluding hydrogens is 340 g/mol. The van der Waals surface area contributed by atoms with Crippen molar-refractivity contribution in [1.82, 2.24) is 0 Å². The van der Waals surface area contributed by atoms with Crippen LogP contribution in [0.2, 0.25) is 0 Å². The van der Waals surface area contributed by atoms with Crippen molar-refractivity contribution in [2.24, 2.45) is 0 Å². The van der Waals surface area contributed by atoms with Gasteiger partial charge in [-0.15, -0.1) is 0 Å². The number of sulfone groups is 1. The summed E-state index contributed by atoms with van der Waals surface area (Å²) in [5.74, 6) is -0.878. The molecule has 0 bridgehead atoms. The van der Waals surface area contributed by atoms with Gasteiger partial charge in [-0.25, -0.2) is 8.42 Å². The van der Waals surface area contributed by atoms with Crippen molar-refractivity contribution in [3.05, 3.63) is 54.1 Å². The van der Waals surface area contributed by atoms with E-state index in [1.54, 1.807) is 6.07 Å². The SMILES string of the molecule is CC(=O)Nc1ccc(S(=O)(=O)CCC(=O)Nc2cccc(C)c2)cc1. The summed E-state index contributed by atoms with van der Waals surface area (Å²) in [7, 11) is -3.57. The fraction of sp³-hybridized carbons (Fsp3) is 0.222. The lowest BCUT2D eigenvalue weighted by Gasteiger charge is -2.08. The largest absolute Gasteiger partial charge is 0.326 e. The van der Waals surface area contributed by atoms with Crippen LogP contribution >= 0.6 is 0 Å². The van der Waals surface area contributed by atoms with Crippen molar-refractivity contribution in [3.8, 4) is 0 Å². The minimum Gasteiger partial charge on any atom is -0.326 e. The van der Waals surface area contributed by atoms with Crippen LogP contribution in [-0.4, -0.2) is 26.0 Å². The van der Waals surface area contributed by atoms with Crippen molar-refractivity contribution < 1.29 is 18.0 Å². The molecule has 0 unspecified atom stereocenters. The predicted octanol–water partition coefficient (Wildman–Crippen LogP) is 2.76. The molecule has 2 rings (SSSR count). The normalized spacial score (nSPS) is 11.0. The van der Waals surface area contributed by atoms with Gasteiger partial charge in [0.2, 0.25) is 11.8 Å². The van der Waals surface area contributed by atoms with Gasteiger partial charge in [0.1, 0.15) is 0 Å². The molecule has 0 fully saturated rings. The first kappa shape index (κ1) is 18.7. The number of amides is 2. The van der Waals surface area contributed by atoms with Gasteiger partial charge in [-0.2, -0.15) is 0 Å². The first-order valence-electron chi connectivity index (χ1n) is 7.73. The standard InChI is InChI=1S/C18H20N2O4S/c1-13-4-3-5-16(12-13)20-18(22)10-11-25(23,24)17-8-6-15(7-9-17)19-14(2)21/h3-9,12H,10-11H2,1-2H3,(H,19,21)(H,20,22). The quantitative estimate of drug-likeness (QED) is 0.828. The Kier molecular flexibility index (Phi) is 5.93. The van der Waals surface area contributed by atoms with Gasteiger partial charge in [-0.3, -0.25) is 9.59 Å². The van der Waals surface area contributed by atoms with Crippen molar-refractivity contribution in [2.45, 2.75) is 25.2 Å². The van der Waals surface area contributed by atoms with Crippen LogP contribution in [0.15, 0.2) is 53.4 Å². The Labute approximate surface area is 147 Å². The van der Waals surface area contributed by atoms with E-state index in [2.05, 4.69) is 10.6 Å². The molecule has 0 aromatic heterocycles. The fourth-order valence-electron chi connectivity index (χ4n) is 2.24. The third-order valence-corrected chi connectivity index (χ3v) is 5.17. The summed E-state index contributed by atoms with van der Waals surface area (Å²) in [5, 5.41) is 5.25. The summed E-state index contributed by atoms with van der Waals surface area (Å²) in [6.45, 7) is 3.28. The number of carbonyl (C=O) groups excluding carboxylic acids is 2. The molecule has 7 heteroatoms. The number of hydrogen-bond donors (Lipinski definition) is 2. The molecule has 0 aliphatic heterocycles. The minimum absolute atomic E-state index is 0.116. The van der Waals surface area contributed by atoms with Crippen molar-refractivity contribution >= 4 is 33.0 Å². The minimum atomic E-state index is -3.57. The van der Waals surface area contributed by atoms with E-state index in [4.69, 9.17) is 0 Å². The Balaban J connectivity index is 1.96. The number of aryl methyl sites for hydroxylation is 1. The van der Waals surface area contributed by atoms with E-state index in [1.165, 1.54) is 31.2 Å². The Morgan fingerprint density at radius 1 is 0.960 bits per heavy atom. The molecule has 0 saturated carbocycles. The smallest absolute Gasteiger partial charge is 0.225 e. The van der Waals surface area contributed by atoms with E-state index in [1.807, 2.05) is 25.1 Å². The Hall–Kier alpha value is -2.67. The number of anilines is 2. The van der Waals surface area contributed by atoms with Gasteiger partial charge in [0.15, 0.2) is 9.84 Å². The highest BCUT2D eigenvalue weighted by Gasteiger charge is 2.16. The monoisotopic (exact) mass is 360 g/mol. The van der Waals surface area contributed by atoms with Crippen LogP contribution in [0.1, 0.15) is 18.9 Å². The summed E-state index contributed by atoms with van der Waals surface area (Å²) in [4.78, 5) is 23.0. The second kappa shape index (κ2) is 7.94. The van der Waals surface area contributed by atoms with E-state index in [0.29, 0.717) is 11.4 Å². The highest BCUT2D eigenvalue weighted by atomic mass is 32.2. The van der Waals surface area contributed by atoms with Gasteiger partial charge < -0.3 is 10.6 Å². The molecular formula is C18H20N2O4S. The maximum atomic E-state index is 12.3. The third kappa shape index (κ3) is 5.72. The van der Waals surface area contributed by atoms with Crippen LogP contribution in [0.25, 0.3) is 0 Å². The second-order valence-electron chi connectivity index (χ2n) is 5.69. The highest BCUT2D eigenvalue weighted by molar-refractivity contribution is 7.91. The van der Waals surface area contributed by atoms with E-state index >= 15 is 0 Å². The number of nitrogens with one attached hydrogen (secondary N) is 2. The molecule has 0 heterocycles. The Morgan fingerprint density at radius 2 is 1.64 bits per heavy atom. The number of benzene rings is 2. The Bertz CT molecular complexity index is 874. The van der Waals surface area contributed by atoms with Crippen molar-refractivity contribution in [3.63, 3.8) is 0 Å². The molecule has 0 aliphatic carbocycles. The van der Waals surface area contributed by atoms with Crippen LogP contribution in [0.3, 0.4) is 0 Å². The molecule has 2 aromatic rings. The average molecular weight is 360 g/mol. The van der Waals surface area contributed by atoms with Crippen LogP contribution in [0, 0.1) is 6.92 Å². The van der Waals surface area contributed by atoms with Crippen LogP contribution in [0.4, 0.5) is 11.4 Å². The Morgan fingerprint density at radius 3 is 2.24 bits per heavy atom. The van der Waals surface area contributed by atoms with E-state index in [-0.39, 0.29) is 28.9 Å². The number of rotatable bonds is 6. The summed E-state index contributed by atoms with van der Waals surface area (Å²) in [6.07, 6.45) is -0.135. The van der Waals surface area contributed by atoms with Crippen molar-refractivity contribution in [2.75, 3.05) is 16.4 Å². The summed E-state index contributed by atoms with van der Waals surface area (Å²) >= 11 is 0. The maximum Gasteiger partial charge on any atom is 0.225 e. The average Bonchev–Trinajstić information content (AvgIpc) is 2.53. The zero-order valence-corrected chi connectivity index (χ0v) is 14.9. The lowest BCUT2D eigenvalue weighted by molar-refractivity contribution is -0.116. The molecule has 2 N–H and O–H groups in total. The molecule has 0 aliphatic rings. The fourth-order valence-corrected chi connectivity index (χ4v) is 3.48. The van der Waals surface area contributed by atoms with E-state index in [0.717, 1.165) is 5.56 Å². The molecule has 2 amide bonds. The van der Waals surface area contributed by atoms with Gasteiger partial charge in [-0.05, 0) is 48.9 Å². The van der Waals surface area contributed by atoms with Crippen LogP contribution in [0.5, 0.6) is 0 Å². The number of hydrogen-bond acceptors (Lipinski definition) is 4. The lowest BCUT2D eigenvalue weighted by Crippen LogP contribution is -2.17. The van der Waals surface area contributed by atoms with Gasteiger partial charge in [0.25, 0.3) is 0 Å². The van der Waals surface area contributed by atoms with Gasteiger partial charge in [0, 0.05) is 24.7 Å². The van der Waals surface area contributed by atoms with Gasteiger partial charge >= 0.3 is 0 Å². The van der Waals surface area contributed by atoms with Gasteiger partial charge in [0.05, 0.1) is 10.6 Å². The lowest BCUT2D eigenvalue weighted by atomic mass is 10.2. The molecule has 2 aromatic carbocycles. The summed E-state index contributed by atoms with van der Waals surface area (Å²) in [6, 6.07) is 13.1. The topological polar surface area (TPSA) is 92.3 Å². The molecule has 0 atom stereocenters. The summed E-state index contributed by atoms with van der Waals surface area (Å²) in [5.41, 5.74) is 2.16. The first-order chi connectivity index (χ1) is 11.8. The number of carbonyl (C=O) groups is 2. The van der Waals surface area contributed by atoms with E-state index < -0.39 is 9.84 Å². The zero-order valence-electron chi connectivity index (χ0n) is 14.1. The molecule has 6 nitrogen and oxygen atoms in total. The van der Waals surface area contributed by atoms with Gasteiger partial charge in [-0.1, -0.05) is 12.1 Å². The van der Waals surface area contributed by atoms with Crippen molar-refractivity contribution in [1.29, 1.82) is 0 Å². The molecule has 0 spiro atoms. The summed E-state index contributed by atoms with van der Waals surface area (Å²) < 4.78 is 24.6. The second-order valence-corrected chi connectivity index (χ2v) is 7.80. The molecule has 0 saturated heterocycles. The predicted molar refractivity (Wildman–Crippen MR) is 97.2 cm³/mol. The zero-order chi connectivity index (χ0) is 18.4. The van der Waals surface area contributed by atoms with Crippen LogP contribution in [-0.2, 0) is 19.4 Å². The van der Waals surface area contributed by atoms with Crippen LogP contribution < -0.4 is 10.6 Å². The third-order valence-electron chi connectivity index (χ3n) is 3.43.